The molecule has 0 radical (unpaired) electrons. The van der Waals surface area contributed by atoms with E-state index < -0.39 is 11.6 Å². The largest absolute Gasteiger partial charge is 0.392 e. The van der Waals surface area contributed by atoms with Crippen LogP contribution in [0.3, 0.4) is 0 Å². The van der Waals surface area contributed by atoms with E-state index in [2.05, 4.69) is 4.98 Å². The number of aliphatic hydroxyl groups is 1. The number of nitrogens with zero attached hydrogens (tertiary/aromatic N) is 2. The van der Waals surface area contributed by atoms with E-state index in [0.29, 0.717) is 17.1 Å². The molecule has 94 valence electrons. The Hall–Kier alpha value is -2.01. The van der Waals surface area contributed by atoms with Gasteiger partial charge in [0.15, 0.2) is 0 Å². The van der Waals surface area contributed by atoms with E-state index >= 15 is 0 Å². The molecule has 0 bridgehead atoms. The molecule has 0 fully saturated rings. The van der Waals surface area contributed by atoms with Crippen LogP contribution >= 0.6 is 0 Å². The number of aliphatic hydroxyl groups excluding tert-OH is 1. The summed E-state index contributed by atoms with van der Waals surface area (Å²) in [5.74, 6) is -0.622. The summed E-state index contributed by atoms with van der Waals surface area (Å²) >= 11 is 0. The summed E-state index contributed by atoms with van der Waals surface area (Å²) < 4.78 is 26.6. The van der Waals surface area contributed by atoms with Crippen LogP contribution in [-0.4, -0.2) is 17.1 Å². The molecule has 0 saturated heterocycles. The highest BCUT2D eigenvalue weighted by atomic mass is 19.1. The van der Waals surface area contributed by atoms with E-state index in [4.69, 9.17) is 0 Å². The summed E-state index contributed by atoms with van der Waals surface area (Å²) in [6.07, 6.45) is 1.03. The molecular weight excluding hydrogens is 238 g/mol. The first-order valence-electron chi connectivity index (χ1n) is 5.37. The van der Waals surface area contributed by atoms with Crippen molar-refractivity contribution in [3.63, 3.8) is 0 Å². The normalized spacial score (nSPS) is 10.4. The van der Waals surface area contributed by atoms with Crippen LogP contribution in [0.15, 0.2) is 36.5 Å². The van der Waals surface area contributed by atoms with Crippen LogP contribution in [0.4, 0.5) is 20.3 Å². The molecule has 1 aromatic heterocycles. The van der Waals surface area contributed by atoms with E-state index in [1.807, 2.05) is 0 Å². The fourth-order valence-corrected chi connectivity index (χ4v) is 1.73. The number of halogens is 2. The lowest BCUT2D eigenvalue weighted by Gasteiger charge is -2.21. The molecule has 3 nitrogen and oxygen atoms in total. The van der Waals surface area contributed by atoms with Gasteiger partial charge in [-0.05, 0) is 18.2 Å². The molecule has 0 aliphatic heterocycles. The molecule has 1 N–H and O–H groups in total. The lowest BCUT2D eigenvalue weighted by molar-refractivity contribution is 0.281. The van der Waals surface area contributed by atoms with Crippen LogP contribution in [0, 0.1) is 11.6 Å². The van der Waals surface area contributed by atoms with Gasteiger partial charge >= 0.3 is 0 Å². The first-order valence-corrected chi connectivity index (χ1v) is 5.37. The number of hydrogen-bond acceptors (Lipinski definition) is 3. The third-order valence-electron chi connectivity index (χ3n) is 2.61. The summed E-state index contributed by atoms with van der Waals surface area (Å²) in [6, 6.07) is 7.37. The number of pyridine rings is 1. The lowest BCUT2D eigenvalue weighted by Crippen LogP contribution is -2.15. The highest BCUT2D eigenvalue weighted by molar-refractivity contribution is 5.62. The zero-order valence-corrected chi connectivity index (χ0v) is 9.77. The molecule has 0 unspecified atom stereocenters. The molecule has 0 amide bonds. The highest BCUT2D eigenvalue weighted by Gasteiger charge is 2.14. The Balaban J connectivity index is 2.46. The molecule has 0 aliphatic carbocycles. The van der Waals surface area contributed by atoms with Gasteiger partial charge < -0.3 is 10.0 Å². The van der Waals surface area contributed by atoms with Crippen molar-refractivity contribution >= 4 is 11.5 Å². The molecule has 18 heavy (non-hydrogen) atoms. The Morgan fingerprint density at radius 3 is 2.67 bits per heavy atom. The topological polar surface area (TPSA) is 36.4 Å². The number of rotatable bonds is 3. The van der Waals surface area contributed by atoms with Gasteiger partial charge in [0.2, 0.25) is 0 Å². The van der Waals surface area contributed by atoms with Crippen LogP contribution in [0.2, 0.25) is 0 Å². The maximum absolute atomic E-state index is 13.6. The van der Waals surface area contributed by atoms with Crippen LogP contribution in [0.25, 0.3) is 0 Å². The van der Waals surface area contributed by atoms with E-state index in [1.54, 1.807) is 25.2 Å². The summed E-state index contributed by atoms with van der Waals surface area (Å²) in [7, 11) is 1.61. The Bertz CT molecular complexity index is 560. The van der Waals surface area contributed by atoms with Crippen molar-refractivity contribution < 1.29 is 13.9 Å². The zero-order chi connectivity index (χ0) is 13.1. The Labute approximate surface area is 103 Å². The smallest absolute Gasteiger partial charge is 0.146 e. The van der Waals surface area contributed by atoms with E-state index in [1.165, 1.54) is 17.0 Å². The van der Waals surface area contributed by atoms with Gasteiger partial charge in [-0.15, -0.1) is 0 Å². The molecule has 0 atom stereocenters. The van der Waals surface area contributed by atoms with Crippen LogP contribution in [0.1, 0.15) is 5.56 Å². The van der Waals surface area contributed by atoms with Gasteiger partial charge in [0.25, 0.3) is 0 Å². The van der Waals surface area contributed by atoms with Gasteiger partial charge in [0.1, 0.15) is 17.5 Å². The highest BCUT2D eigenvalue weighted by Crippen LogP contribution is 2.27. The monoisotopic (exact) mass is 250 g/mol. The minimum atomic E-state index is -0.537. The second-order valence-corrected chi connectivity index (χ2v) is 3.80. The van der Waals surface area contributed by atoms with Gasteiger partial charge in [0.05, 0.1) is 18.5 Å². The first-order chi connectivity index (χ1) is 8.63. The van der Waals surface area contributed by atoms with Gasteiger partial charge in [-0.2, -0.15) is 0 Å². The quantitative estimate of drug-likeness (QED) is 0.909. The van der Waals surface area contributed by atoms with Crippen molar-refractivity contribution in [2.75, 3.05) is 11.9 Å². The lowest BCUT2D eigenvalue weighted by atomic mass is 10.2. The van der Waals surface area contributed by atoms with Crippen molar-refractivity contribution in [1.29, 1.82) is 0 Å². The average molecular weight is 250 g/mol. The predicted octanol–water partition coefficient (Wildman–Crippen LogP) is 2.62. The number of hydrogen-bond donors (Lipinski definition) is 1. The fraction of sp³-hybridized carbons (Fsp3) is 0.154. The third-order valence-corrected chi connectivity index (χ3v) is 2.61. The summed E-state index contributed by atoms with van der Waals surface area (Å²) in [5, 5.41) is 9.18. The van der Waals surface area contributed by atoms with E-state index in [0.717, 1.165) is 6.20 Å². The summed E-state index contributed by atoms with van der Waals surface area (Å²) in [4.78, 5) is 5.36. The Morgan fingerprint density at radius 2 is 2.00 bits per heavy atom. The maximum Gasteiger partial charge on any atom is 0.146 e. The number of benzene rings is 1. The molecule has 1 heterocycles. The second-order valence-electron chi connectivity index (χ2n) is 3.80. The molecule has 0 aliphatic rings. The van der Waals surface area contributed by atoms with Crippen LogP contribution in [0.5, 0.6) is 0 Å². The van der Waals surface area contributed by atoms with Crippen molar-refractivity contribution in [3.8, 4) is 0 Å². The number of aromatic nitrogens is 1. The first kappa shape index (κ1) is 12.4. The van der Waals surface area contributed by atoms with Gasteiger partial charge in [-0.3, -0.25) is 0 Å². The number of anilines is 2. The second kappa shape index (κ2) is 5.10. The van der Waals surface area contributed by atoms with Crippen molar-refractivity contribution in [3.05, 3.63) is 53.7 Å². The van der Waals surface area contributed by atoms with E-state index in [9.17, 15) is 13.9 Å². The molecule has 2 aromatic rings. The van der Waals surface area contributed by atoms with Gasteiger partial charge in [-0.1, -0.05) is 12.1 Å². The minimum Gasteiger partial charge on any atom is -0.392 e. The molecule has 1 aromatic carbocycles. The van der Waals surface area contributed by atoms with Crippen molar-refractivity contribution in [1.82, 2.24) is 4.98 Å². The zero-order valence-electron chi connectivity index (χ0n) is 9.77. The van der Waals surface area contributed by atoms with Crippen LogP contribution in [-0.2, 0) is 6.61 Å². The SMILES string of the molecule is CN(c1ccccc1F)c1ncc(F)cc1CO. The standard InChI is InChI=1S/C13H12F2N2O/c1-17(12-5-3-2-4-11(12)15)13-9(8-18)6-10(14)7-16-13/h2-7,18H,8H2,1H3. The molecule has 0 saturated carbocycles. The molecule has 0 spiro atoms. The summed E-state index contributed by atoms with van der Waals surface area (Å²) in [5.41, 5.74) is 0.618. The Kier molecular flexibility index (Phi) is 3.53. The van der Waals surface area contributed by atoms with Crippen LogP contribution < -0.4 is 4.90 Å². The van der Waals surface area contributed by atoms with Gasteiger partial charge in [0, 0.05) is 12.6 Å². The third kappa shape index (κ3) is 2.31. The van der Waals surface area contributed by atoms with Crippen molar-refractivity contribution in [2.24, 2.45) is 0 Å². The molecular formula is C13H12F2N2O. The van der Waals surface area contributed by atoms with Gasteiger partial charge in [-0.25, -0.2) is 13.8 Å². The summed E-state index contributed by atoms with van der Waals surface area (Å²) in [6.45, 7) is -0.362. The Morgan fingerprint density at radius 1 is 1.28 bits per heavy atom. The molecule has 2 rings (SSSR count). The maximum atomic E-state index is 13.6. The van der Waals surface area contributed by atoms with Crippen molar-refractivity contribution in [2.45, 2.75) is 6.61 Å². The average Bonchev–Trinajstić information content (AvgIpc) is 2.38. The fourth-order valence-electron chi connectivity index (χ4n) is 1.73. The van der Waals surface area contributed by atoms with E-state index in [-0.39, 0.29) is 6.61 Å². The minimum absolute atomic E-state index is 0.306. The number of para-hydroxylation sites is 1. The molecule has 5 heteroatoms. The predicted molar refractivity (Wildman–Crippen MR) is 64.6 cm³/mol.